The SMILES string of the molecule is CC[C@H](CNC(=O)c1scnc1C(F)(F)F)C(=O)N[C@@H]1C(=O)N2CC3(CC3)CN2C(=O)c2ccccc21. The summed E-state index contributed by atoms with van der Waals surface area (Å²) in [5, 5.41) is 8.01. The summed E-state index contributed by atoms with van der Waals surface area (Å²) in [4.78, 5) is 55.2. The largest absolute Gasteiger partial charge is 0.434 e. The third-order valence-corrected chi connectivity index (χ3v) is 7.98. The molecule has 2 aliphatic heterocycles. The summed E-state index contributed by atoms with van der Waals surface area (Å²) < 4.78 is 39.3. The fraction of sp³-hybridized carbons (Fsp3) is 0.458. The summed E-state index contributed by atoms with van der Waals surface area (Å²) in [6.45, 7) is 2.31. The zero-order valence-corrected chi connectivity index (χ0v) is 20.6. The summed E-state index contributed by atoms with van der Waals surface area (Å²) in [6.07, 6.45) is -2.68. The first kappa shape index (κ1) is 25.2. The van der Waals surface area contributed by atoms with Gasteiger partial charge in [0.15, 0.2) is 5.69 Å². The average Bonchev–Trinajstić information content (AvgIpc) is 3.28. The molecule has 37 heavy (non-hydrogen) atoms. The molecular weight excluding hydrogens is 511 g/mol. The summed E-state index contributed by atoms with van der Waals surface area (Å²) in [6, 6.07) is 5.50. The van der Waals surface area contributed by atoms with Gasteiger partial charge in [-0.3, -0.25) is 19.2 Å². The number of alkyl halides is 3. The minimum absolute atomic E-state index is 0.0890. The zero-order chi connectivity index (χ0) is 26.5. The number of nitrogens with zero attached hydrogens (tertiary/aromatic N) is 3. The molecular formula is C24H24F3N5O4S. The first-order valence-corrected chi connectivity index (χ1v) is 12.7. The second-order valence-electron chi connectivity index (χ2n) is 9.63. The van der Waals surface area contributed by atoms with E-state index in [-0.39, 0.29) is 24.3 Å². The van der Waals surface area contributed by atoms with Crippen molar-refractivity contribution in [1.29, 1.82) is 0 Å². The smallest absolute Gasteiger partial charge is 0.350 e. The van der Waals surface area contributed by atoms with Gasteiger partial charge in [-0.2, -0.15) is 13.2 Å². The number of benzene rings is 1. The van der Waals surface area contributed by atoms with Crippen LogP contribution in [0.15, 0.2) is 29.8 Å². The van der Waals surface area contributed by atoms with E-state index in [0.717, 1.165) is 18.4 Å². The molecule has 1 aromatic carbocycles. The van der Waals surface area contributed by atoms with Crippen LogP contribution in [-0.2, 0) is 15.8 Å². The molecule has 13 heteroatoms. The van der Waals surface area contributed by atoms with E-state index in [9.17, 15) is 32.3 Å². The van der Waals surface area contributed by atoms with Crippen molar-refractivity contribution in [3.05, 3.63) is 51.5 Å². The van der Waals surface area contributed by atoms with E-state index in [0.29, 0.717) is 35.6 Å². The van der Waals surface area contributed by atoms with Gasteiger partial charge in [-0.1, -0.05) is 25.1 Å². The van der Waals surface area contributed by atoms with Crippen LogP contribution >= 0.6 is 11.3 Å². The van der Waals surface area contributed by atoms with Crippen molar-refractivity contribution < 1.29 is 32.3 Å². The third-order valence-electron chi connectivity index (χ3n) is 7.16. The summed E-state index contributed by atoms with van der Waals surface area (Å²) in [5.41, 5.74) is 0.275. The Bertz CT molecular complexity index is 1280. The molecule has 1 saturated heterocycles. The molecule has 2 fully saturated rings. The Balaban J connectivity index is 1.33. The molecule has 196 valence electrons. The number of aromatic nitrogens is 1. The predicted molar refractivity (Wildman–Crippen MR) is 125 cm³/mol. The van der Waals surface area contributed by atoms with Gasteiger partial charge < -0.3 is 10.6 Å². The highest BCUT2D eigenvalue weighted by atomic mass is 32.1. The molecule has 1 spiro atoms. The van der Waals surface area contributed by atoms with Gasteiger partial charge in [0.25, 0.3) is 17.7 Å². The van der Waals surface area contributed by atoms with Crippen LogP contribution < -0.4 is 10.6 Å². The normalized spacial score (nSPS) is 20.8. The number of halogens is 3. The second-order valence-corrected chi connectivity index (χ2v) is 10.5. The lowest BCUT2D eigenvalue weighted by Crippen LogP contribution is -2.48. The number of hydrogen-bond donors (Lipinski definition) is 2. The Morgan fingerprint density at radius 1 is 1.19 bits per heavy atom. The summed E-state index contributed by atoms with van der Waals surface area (Å²) >= 11 is 0.559. The van der Waals surface area contributed by atoms with Crippen LogP contribution in [0, 0.1) is 11.3 Å². The highest BCUT2D eigenvalue weighted by Gasteiger charge is 2.56. The number of hydrazine groups is 1. The van der Waals surface area contributed by atoms with Crippen LogP contribution in [0.25, 0.3) is 0 Å². The van der Waals surface area contributed by atoms with E-state index in [1.54, 1.807) is 31.2 Å². The lowest BCUT2D eigenvalue weighted by molar-refractivity contribution is -0.145. The molecule has 1 aromatic heterocycles. The van der Waals surface area contributed by atoms with Crippen molar-refractivity contribution >= 4 is 35.0 Å². The van der Waals surface area contributed by atoms with Gasteiger partial charge in [-0.25, -0.2) is 15.0 Å². The number of thiazole rings is 1. The van der Waals surface area contributed by atoms with Gasteiger partial charge in [0, 0.05) is 17.5 Å². The van der Waals surface area contributed by atoms with E-state index in [2.05, 4.69) is 15.6 Å². The van der Waals surface area contributed by atoms with Crippen molar-refractivity contribution in [1.82, 2.24) is 25.6 Å². The third kappa shape index (κ3) is 4.56. The van der Waals surface area contributed by atoms with Gasteiger partial charge in [0.2, 0.25) is 5.91 Å². The fourth-order valence-electron chi connectivity index (χ4n) is 4.82. The maximum atomic E-state index is 13.6. The van der Waals surface area contributed by atoms with E-state index in [1.165, 1.54) is 10.0 Å². The zero-order valence-electron chi connectivity index (χ0n) is 19.8. The van der Waals surface area contributed by atoms with Crippen molar-refractivity contribution in [2.75, 3.05) is 19.6 Å². The van der Waals surface area contributed by atoms with Gasteiger partial charge in [-0.05, 0) is 30.9 Å². The number of rotatable bonds is 6. The maximum Gasteiger partial charge on any atom is 0.434 e. The highest BCUT2D eigenvalue weighted by Crippen LogP contribution is 2.52. The van der Waals surface area contributed by atoms with Crippen molar-refractivity contribution in [2.24, 2.45) is 11.3 Å². The van der Waals surface area contributed by atoms with Crippen LogP contribution in [0.2, 0.25) is 0 Å². The van der Waals surface area contributed by atoms with Gasteiger partial charge in [-0.15, -0.1) is 11.3 Å². The van der Waals surface area contributed by atoms with E-state index < -0.39 is 46.4 Å². The molecule has 2 atom stereocenters. The minimum atomic E-state index is -4.78. The number of carbonyl (C=O) groups is 4. The highest BCUT2D eigenvalue weighted by molar-refractivity contribution is 7.11. The molecule has 3 aliphatic rings. The van der Waals surface area contributed by atoms with Crippen molar-refractivity contribution in [2.45, 2.75) is 38.4 Å². The van der Waals surface area contributed by atoms with Crippen LogP contribution in [-0.4, -0.2) is 58.3 Å². The van der Waals surface area contributed by atoms with Crippen LogP contribution in [0.1, 0.15) is 63.5 Å². The standard InChI is InChI=1S/C24H24F3N5O4S/c1-2-13(9-28-20(34)17-18(24(25,26)27)29-12-37-17)19(33)30-16-14-5-3-4-6-15(14)21(35)31-10-23(7-8-23)11-32(31)22(16)36/h3-6,12-13,16H,2,7-11H2,1H3,(H,28,34)(H,30,33)/t13-,16+/m1/s1. The molecule has 0 radical (unpaired) electrons. The van der Waals surface area contributed by atoms with Gasteiger partial charge in [0.05, 0.1) is 24.5 Å². The van der Waals surface area contributed by atoms with Crippen molar-refractivity contribution in [3.63, 3.8) is 0 Å². The minimum Gasteiger partial charge on any atom is -0.350 e. The maximum absolute atomic E-state index is 13.6. The molecule has 9 nitrogen and oxygen atoms in total. The quantitative estimate of drug-likeness (QED) is 0.591. The number of carbonyl (C=O) groups excluding carboxylic acids is 4. The Hall–Kier alpha value is -3.48. The number of fused-ring (bicyclic) bond motifs is 2. The Morgan fingerprint density at radius 2 is 1.89 bits per heavy atom. The Morgan fingerprint density at radius 3 is 2.57 bits per heavy atom. The van der Waals surface area contributed by atoms with Crippen LogP contribution in [0.4, 0.5) is 13.2 Å². The fourth-order valence-corrected chi connectivity index (χ4v) is 5.54. The molecule has 0 bridgehead atoms. The molecule has 1 aliphatic carbocycles. The lowest BCUT2D eigenvalue weighted by atomic mass is 9.97. The molecule has 0 unspecified atom stereocenters. The number of nitrogens with one attached hydrogen (secondary N) is 2. The van der Waals surface area contributed by atoms with E-state index in [4.69, 9.17) is 0 Å². The van der Waals surface area contributed by atoms with Gasteiger partial charge in [0.1, 0.15) is 10.9 Å². The second kappa shape index (κ2) is 9.12. The summed E-state index contributed by atoms with van der Waals surface area (Å²) in [7, 11) is 0. The first-order chi connectivity index (χ1) is 17.5. The van der Waals surface area contributed by atoms with Crippen molar-refractivity contribution in [3.8, 4) is 0 Å². The van der Waals surface area contributed by atoms with E-state index >= 15 is 0 Å². The van der Waals surface area contributed by atoms with Crippen LogP contribution in [0.3, 0.4) is 0 Å². The monoisotopic (exact) mass is 535 g/mol. The molecule has 5 rings (SSSR count). The molecule has 3 heterocycles. The first-order valence-electron chi connectivity index (χ1n) is 11.9. The van der Waals surface area contributed by atoms with Crippen LogP contribution in [0.5, 0.6) is 0 Å². The molecule has 4 amide bonds. The number of amides is 4. The van der Waals surface area contributed by atoms with Gasteiger partial charge >= 0.3 is 6.18 Å². The molecule has 2 aromatic rings. The molecule has 1 saturated carbocycles. The summed E-state index contributed by atoms with van der Waals surface area (Å²) in [5.74, 6) is -3.08. The molecule has 2 N–H and O–H groups in total. The number of hydrogen-bond acceptors (Lipinski definition) is 6. The lowest BCUT2D eigenvalue weighted by Gasteiger charge is -2.28. The average molecular weight is 536 g/mol. The Kier molecular flexibility index (Phi) is 6.21. The predicted octanol–water partition coefficient (Wildman–Crippen LogP) is 2.77. The Labute approximate surface area is 214 Å². The van der Waals surface area contributed by atoms with E-state index in [1.807, 2.05) is 0 Å². The topological polar surface area (TPSA) is 112 Å².